The number of nitrogens with zero attached hydrogens (tertiary/aromatic N) is 5. The standard InChI is InChI=1S/C19H31N5O2/c1-14(2)24-9-10-26-17(12-24)11-18(25)22-5-7-23(8-6-22)19-15(3)16(4)20-13-21-19/h13-14,17H,5-12H2,1-4H3. The minimum atomic E-state index is 0.0171. The van der Waals surface area contributed by atoms with Gasteiger partial charge in [0.1, 0.15) is 12.1 Å². The van der Waals surface area contributed by atoms with Crippen molar-refractivity contribution in [1.29, 1.82) is 0 Å². The summed E-state index contributed by atoms with van der Waals surface area (Å²) in [5, 5.41) is 0. The monoisotopic (exact) mass is 361 g/mol. The van der Waals surface area contributed by atoms with Gasteiger partial charge in [-0.05, 0) is 27.7 Å². The second kappa shape index (κ2) is 8.31. The van der Waals surface area contributed by atoms with Crippen LogP contribution < -0.4 is 4.90 Å². The van der Waals surface area contributed by atoms with E-state index in [-0.39, 0.29) is 12.0 Å². The third-order valence-corrected chi connectivity index (χ3v) is 5.54. The Hall–Kier alpha value is -1.73. The first-order valence-electron chi connectivity index (χ1n) is 9.62. The summed E-state index contributed by atoms with van der Waals surface area (Å²) in [6.45, 7) is 14.1. The van der Waals surface area contributed by atoms with Gasteiger partial charge in [0, 0.05) is 56.6 Å². The van der Waals surface area contributed by atoms with Crippen LogP contribution in [-0.2, 0) is 9.53 Å². The Morgan fingerprint density at radius 1 is 1.19 bits per heavy atom. The molecule has 7 heteroatoms. The van der Waals surface area contributed by atoms with Gasteiger partial charge in [0.25, 0.3) is 0 Å². The molecule has 7 nitrogen and oxygen atoms in total. The lowest BCUT2D eigenvalue weighted by Gasteiger charge is -2.38. The predicted octanol–water partition coefficient (Wildman–Crippen LogP) is 1.24. The predicted molar refractivity (Wildman–Crippen MR) is 101 cm³/mol. The summed E-state index contributed by atoms with van der Waals surface area (Å²) >= 11 is 0. The van der Waals surface area contributed by atoms with Gasteiger partial charge < -0.3 is 14.5 Å². The van der Waals surface area contributed by atoms with Crippen molar-refractivity contribution in [2.24, 2.45) is 0 Å². The van der Waals surface area contributed by atoms with Crippen molar-refractivity contribution in [1.82, 2.24) is 19.8 Å². The third-order valence-electron chi connectivity index (χ3n) is 5.54. The zero-order valence-electron chi connectivity index (χ0n) is 16.4. The van der Waals surface area contributed by atoms with Gasteiger partial charge in [-0.15, -0.1) is 0 Å². The average molecular weight is 361 g/mol. The van der Waals surface area contributed by atoms with Crippen molar-refractivity contribution in [3.8, 4) is 0 Å². The van der Waals surface area contributed by atoms with E-state index >= 15 is 0 Å². The number of amides is 1. The molecule has 144 valence electrons. The highest BCUT2D eigenvalue weighted by molar-refractivity contribution is 5.77. The number of aromatic nitrogens is 2. The largest absolute Gasteiger partial charge is 0.375 e. The number of carbonyl (C=O) groups is 1. The summed E-state index contributed by atoms with van der Waals surface area (Å²) in [7, 11) is 0. The zero-order chi connectivity index (χ0) is 18.7. The lowest BCUT2D eigenvalue weighted by molar-refractivity contribution is -0.136. The van der Waals surface area contributed by atoms with Gasteiger partial charge in [0.2, 0.25) is 5.91 Å². The van der Waals surface area contributed by atoms with E-state index in [2.05, 4.69) is 40.5 Å². The van der Waals surface area contributed by atoms with Crippen LogP contribution in [0, 0.1) is 13.8 Å². The Kier molecular flexibility index (Phi) is 6.09. The number of hydrogen-bond acceptors (Lipinski definition) is 6. The molecule has 2 saturated heterocycles. The second-order valence-electron chi connectivity index (χ2n) is 7.56. The number of aryl methyl sites for hydroxylation is 1. The molecule has 1 amide bonds. The molecule has 0 bridgehead atoms. The van der Waals surface area contributed by atoms with Crippen LogP contribution in [0.5, 0.6) is 0 Å². The fourth-order valence-corrected chi connectivity index (χ4v) is 3.67. The Bertz CT molecular complexity index is 628. The van der Waals surface area contributed by atoms with Gasteiger partial charge in [0.05, 0.1) is 19.1 Å². The highest BCUT2D eigenvalue weighted by atomic mass is 16.5. The number of anilines is 1. The molecule has 3 rings (SSSR count). The van der Waals surface area contributed by atoms with Crippen molar-refractivity contribution < 1.29 is 9.53 Å². The van der Waals surface area contributed by atoms with Crippen LogP contribution >= 0.6 is 0 Å². The number of carbonyl (C=O) groups excluding carboxylic acids is 1. The fraction of sp³-hybridized carbons (Fsp3) is 0.737. The summed E-state index contributed by atoms with van der Waals surface area (Å²) < 4.78 is 5.82. The molecule has 0 saturated carbocycles. The maximum Gasteiger partial charge on any atom is 0.225 e. The van der Waals surface area contributed by atoms with E-state index < -0.39 is 0 Å². The number of morpholine rings is 1. The molecule has 1 atom stereocenters. The maximum atomic E-state index is 12.7. The summed E-state index contributed by atoms with van der Waals surface area (Å²) in [4.78, 5) is 28.0. The Balaban J connectivity index is 1.51. The normalized spacial score (nSPS) is 22.1. The molecule has 0 aliphatic carbocycles. The van der Waals surface area contributed by atoms with Crippen molar-refractivity contribution in [2.75, 3.05) is 50.8 Å². The minimum absolute atomic E-state index is 0.0171. The Labute approximate surface area is 156 Å². The summed E-state index contributed by atoms with van der Waals surface area (Å²) in [6.07, 6.45) is 2.12. The van der Waals surface area contributed by atoms with Crippen LogP contribution in [0.15, 0.2) is 6.33 Å². The molecular weight excluding hydrogens is 330 g/mol. The molecule has 1 aromatic heterocycles. The quantitative estimate of drug-likeness (QED) is 0.804. The average Bonchev–Trinajstić information content (AvgIpc) is 2.64. The van der Waals surface area contributed by atoms with Crippen molar-refractivity contribution in [3.05, 3.63) is 17.6 Å². The van der Waals surface area contributed by atoms with Crippen LogP contribution in [0.4, 0.5) is 5.82 Å². The molecule has 1 unspecified atom stereocenters. The van der Waals surface area contributed by atoms with Gasteiger partial charge >= 0.3 is 0 Å². The van der Waals surface area contributed by atoms with Crippen molar-refractivity contribution >= 4 is 11.7 Å². The Morgan fingerprint density at radius 2 is 1.92 bits per heavy atom. The number of rotatable bonds is 4. The van der Waals surface area contributed by atoms with Crippen molar-refractivity contribution in [2.45, 2.75) is 46.3 Å². The summed E-state index contributed by atoms with van der Waals surface area (Å²) in [6, 6.07) is 0.500. The molecular formula is C19H31N5O2. The minimum Gasteiger partial charge on any atom is -0.375 e. The molecule has 0 aromatic carbocycles. The van der Waals surface area contributed by atoms with Gasteiger partial charge in [-0.2, -0.15) is 0 Å². The van der Waals surface area contributed by atoms with E-state index in [0.717, 1.165) is 63.0 Å². The van der Waals surface area contributed by atoms with Crippen LogP contribution in [0.3, 0.4) is 0 Å². The van der Waals surface area contributed by atoms with E-state index in [1.165, 1.54) is 0 Å². The molecule has 1 aromatic rings. The fourth-order valence-electron chi connectivity index (χ4n) is 3.67. The molecule has 2 aliphatic rings. The van der Waals surface area contributed by atoms with Gasteiger partial charge in [0.15, 0.2) is 0 Å². The Morgan fingerprint density at radius 3 is 2.62 bits per heavy atom. The first-order valence-corrected chi connectivity index (χ1v) is 9.62. The summed E-state index contributed by atoms with van der Waals surface area (Å²) in [5.41, 5.74) is 2.13. The van der Waals surface area contributed by atoms with E-state index in [1.54, 1.807) is 6.33 Å². The molecule has 3 heterocycles. The molecule has 0 spiro atoms. The van der Waals surface area contributed by atoms with Gasteiger partial charge in [-0.1, -0.05) is 0 Å². The van der Waals surface area contributed by atoms with Gasteiger partial charge in [-0.3, -0.25) is 9.69 Å². The lowest BCUT2D eigenvalue weighted by atomic mass is 10.1. The maximum absolute atomic E-state index is 12.7. The van der Waals surface area contributed by atoms with E-state index in [1.807, 2.05) is 11.8 Å². The first kappa shape index (κ1) is 19.0. The first-order chi connectivity index (χ1) is 12.5. The number of piperazine rings is 1. The smallest absolute Gasteiger partial charge is 0.225 e. The van der Waals surface area contributed by atoms with Gasteiger partial charge in [-0.25, -0.2) is 9.97 Å². The van der Waals surface area contributed by atoms with Crippen LogP contribution in [0.2, 0.25) is 0 Å². The third kappa shape index (κ3) is 4.32. The highest BCUT2D eigenvalue weighted by Gasteiger charge is 2.28. The lowest BCUT2D eigenvalue weighted by Crippen LogP contribution is -2.51. The zero-order valence-corrected chi connectivity index (χ0v) is 16.4. The molecule has 26 heavy (non-hydrogen) atoms. The number of hydrogen-bond donors (Lipinski definition) is 0. The second-order valence-corrected chi connectivity index (χ2v) is 7.56. The molecule has 0 radical (unpaired) electrons. The molecule has 2 fully saturated rings. The molecule has 0 N–H and O–H groups in total. The van der Waals surface area contributed by atoms with E-state index in [0.29, 0.717) is 12.5 Å². The summed E-state index contributed by atoms with van der Waals surface area (Å²) in [5.74, 6) is 1.20. The highest BCUT2D eigenvalue weighted by Crippen LogP contribution is 2.20. The topological polar surface area (TPSA) is 61.8 Å². The van der Waals surface area contributed by atoms with Crippen molar-refractivity contribution in [3.63, 3.8) is 0 Å². The molecule has 2 aliphatic heterocycles. The van der Waals surface area contributed by atoms with Crippen LogP contribution in [0.25, 0.3) is 0 Å². The number of ether oxygens (including phenoxy) is 1. The van der Waals surface area contributed by atoms with Crippen LogP contribution in [0.1, 0.15) is 31.5 Å². The SMILES string of the molecule is Cc1ncnc(N2CCN(C(=O)CC3CN(C(C)C)CCO3)CC2)c1C. The van der Waals surface area contributed by atoms with E-state index in [4.69, 9.17) is 4.74 Å². The van der Waals surface area contributed by atoms with Crippen LogP contribution in [-0.4, -0.2) is 83.7 Å². The van der Waals surface area contributed by atoms with E-state index in [9.17, 15) is 4.79 Å².